The third-order valence-corrected chi connectivity index (χ3v) is 3.63. The monoisotopic (exact) mass is 378 g/mol. The SMILES string of the molecule is CC(=O)N(C)CC#CCN1CCC(OS(C)(=O)=O)C1.O=C(O)C(=O)O. The summed E-state index contributed by atoms with van der Waals surface area (Å²) in [7, 11) is -1.69. The van der Waals surface area contributed by atoms with Gasteiger partial charge in [0.1, 0.15) is 0 Å². The second-order valence-electron chi connectivity index (χ2n) is 5.29. The lowest BCUT2D eigenvalue weighted by molar-refractivity contribution is -0.159. The minimum atomic E-state index is -3.38. The van der Waals surface area contributed by atoms with Crippen molar-refractivity contribution < 1.29 is 37.2 Å². The lowest BCUT2D eigenvalue weighted by Crippen LogP contribution is -2.26. The van der Waals surface area contributed by atoms with Crippen LogP contribution in [0.4, 0.5) is 0 Å². The number of carboxylic acids is 2. The van der Waals surface area contributed by atoms with E-state index in [1.165, 1.54) is 11.8 Å². The molecule has 1 heterocycles. The van der Waals surface area contributed by atoms with E-state index in [0.29, 0.717) is 26.1 Å². The molecule has 0 radical (unpaired) electrons. The number of carbonyl (C=O) groups is 3. The Morgan fingerprint density at radius 2 is 1.80 bits per heavy atom. The summed E-state index contributed by atoms with van der Waals surface area (Å²) < 4.78 is 26.9. The first-order valence-electron chi connectivity index (χ1n) is 7.16. The molecule has 25 heavy (non-hydrogen) atoms. The molecule has 0 aromatic rings. The molecule has 142 valence electrons. The predicted octanol–water partition coefficient (Wildman–Crippen LogP) is -1.33. The van der Waals surface area contributed by atoms with Gasteiger partial charge in [-0.2, -0.15) is 8.42 Å². The van der Waals surface area contributed by atoms with Gasteiger partial charge in [0.15, 0.2) is 0 Å². The first-order valence-corrected chi connectivity index (χ1v) is 8.98. The van der Waals surface area contributed by atoms with Gasteiger partial charge in [0.05, 0.1) is 25.4 Å². The molecule has 1 rings (SSSR count). The van der Waals surface area contributed by atoms with Crippen LogP contribution in [0.1, 0.15) is 13.3 Å². The molecule has 2 N–H and O–H groups in total. The second-order valence-corrected chi connectivity index (χ2v) is 6.89. The van der Waals surface area contributed by atoms with Gasteiger partial charge in [0.2, 0.25) is 5.91 Å². The van der Waals surface area contributed by atoms with E-state index in [0.717, 1.165) is 12.8 Å². The number of likely N-dealkylation sites (tertiary alicyclic amines) is 1. The predicted molar refractivity (Wildman–Crippen MR) is 87.1 cm³/mol. The van der Waals surface area contributed by atoms with Gasteiger partial charge in [-0.05, 0) is 6.42 Å². The first-order chi connectivity index (χ1) is 11.4. The Kier molecular flexibility index (Phi) is 9.73. The maximum atomic E-state index is 11.0. The van der Waals surface area contributed by atoms with E-state index in [4.69, 9.17) is 24.0 Å². The molecule has 1 amide bonds. The van der Waals surface area contributed by atoms with Crippen LogP contribution < -0.4 is 0 Å². The Balaban J connectivity index is 0.000000823. The summed E-state index contributed by atoms with van der Waals surface area (Å²) in [6.45, 7) is 3.82. The summed E-state index contributed by atoms with van der Waals surface area (Å²) in [5.41, 5.74) is 0. The van der Waals surface area contributed by atoms with Crippen molar-refractivity contribution in [3.8, 4) is 11.8 Å². The van der Waals surface area contributed by atoms with Crippen LogP contribution in [0.2, 0.25) is 0 Å². The summed E-state index contributed by atoms with van der Waals surface area (Å²) in [5, 5.41) is 14.8. The summed E-state index contributed by atoms with van der Waals surface area (Å²) in [4.78, 5) is 32.7. The molecular weight excluding hydrogens is 356 g/mol. The quantitative estimate of drug-likeness (QED) is 0.346. The van der Waals surface area contributed by atoms with Gasteiger partial charge in [-0.3, -0.25) is 13.9 Å². The highest BCUT2D eigenvalue weighted by molar-refractivity contribution is 7.86. The first kappa shape index (κ1) is 22.8. The molecule has 1 unspecified atom stereocenters. The number of aliphatic carboxylic acids is 2. The molecule has 1 fully saturated rings. The van der Waals surface area contributed by atoms with Crippen molar-refractivity contribution in [2.75, 3.05) is 39.5 Å². The van der Waals surface area contributed by atoms with Crippen LogP contribution in [0.15, 0.2) is 0 Å². The Morgan fingerprint density at radius 3 is 2.24 bits per heavy atom. The van der Waals surface area contributed by atoms with E-state index in [9.17, 15) is 13.2 Å². The number of amides is 1. The minimum Gasteiger partial charge on any atom is -0.473 e. The van der Waals surface area contributed by atoms with Crippen LogP contribution in [-0.2, 0) is 28.7 Å². The molecule has 0 aromatic heterocycles. The zero-order valence-corrected chi connectivity index (χ0v) is 15.1. The Labute approximate surface area is 146 Å². The van der Waals surface area contributed by atoms with E-state index in [-0.39, 0.29) is 12.0 Å². The van der Waals surface area contributed by atoms with Crippen LogP contribution in [0.3, 0.4) is 0 Å². The van der Waals surface area contributed by atoms with Gasteiger partial charge >= 0.3 is 11.9 Å². The van der Waals surface area contributed by atoms with Gasteiger partial charge in [-0.1, -0.05) is 11.8 Å². The van der Waals surface area contributed by atoms with Gasteiger partial charge in [0.25, 0.3) is 10.1 Å². The third-order valence-electron chi connectivity index (χ3n) is 3.00. The maximum Gasteiger partial charge on any atom is 0.414 e. The van der Waals surface area contributed by atoms with Crippen LogP contribution in [0.5, 0.6) is 0 Å². The molecule has 1 aliphatic rings. The molecule has 11 heteroatoms. The van der Waals surface area contributed by atoms with Gasteiger partial charge < -0.3 is 15.1 Å². The summed E-state index contributed by atoms with van der Waals surface area (Å²) >= 11 is 0. The van der Waals surface area contributed by atoms with E-state index in [2.05, 4.69) is 11.8 Å². The Hall–Kier alpha value is -2.16. The summed E-state index contributed by atoms with van der Waals surface area (Å²) in [5.74, 6) is 2.22. The maximum absolute atomic E-state index is 11.0. The van der Waals surface area contributed by atoms with Crippen molar-refractivity contribution >= 4 is 28.0 Å². The van der Waals surface area contributed by atoms with Gasteiger partial charge in [0, 0.05) is 27.1 Å². The Morgan fingerprint density at radius 1 is 1.24 bits per heavy atom. The number of hydrogen-bond donors (Lipinski definition) is 2. The summed E-state index contributed by atoms with van der Waals surface area (Å²) in [6.07, 6.45) is 1.49. The molecule has 1 saturated heterocycles. The topological polar surface area (TPSA) is 142 Å². The average Bonchev–Trinajstić information content (AvgIpc) is 2.89. The normalized spacial score (nSPS) is 16.8. The molecule has 0 saturated carbocycles. The molecule has 10 nitrogen and oxygen atoms in total. The molecule has 1 atom stereocenters. The lowest BCUT2D eigenvalue weighted by Gasteiger charge is -2.12. The molecule has 0 bridgehead atoms. The van der Waals surface area contributed by atoms with Crippen molar-refractivity contribution in [2.24, 2.45) is 0 Å². The fourth-order valence-electron chi connectivity index (χ4n) is 1.72. The highest BCUT2D eigenvalue weighted by atomic mass is 32.2. The molecule has 0 spiro atoms. The van der Waals surface area contributed by atoms with Crippen LogP contribution in [0, 0.1) is 11.8 Å². The van der Waals surface area contributed by atoms with Crippen molar-refractivity contribution in [1.82, 2.24) is 9.80 Å². The van der Waals surface area contributed by atoms with Crippen LogP contribution in [-0.4, -0.2) is 91.9 Å². The zero-order valence-electron chi connectivity index (χ0n) is 14.3. The minimum absolute atomic E-state index is 0.0166. The third kappa shape index (κ3) is 11.9. The highest BCUT2D eigenvalue weighted by Crippen LogP contribution is 2.13. The van der Waals surface area contributed by atoms with Crippen LogP contribution >= 0.6 is 0 Å². The van der Waals surface area contributed by atoms with E-state index < -0.39 is 22.1 Å². The number of carbonyl (C=O) groups excluding carboxylic acids is 1. The fourth-order valence-corrected chi connectivity index (χ4v) is 2.37. The van der Waals surface area contributed by atoms with Gasteiger partial charge in [-0.15, -0.1) is 0 Å². The fraction of sp³-hybridized carbons (Fsp3) is 0.643. The molecule has 0 aliphatic carbocycles. The highest BCUT2D eigenvalue weighted by Gasteiger charge is 2.25. The molecule has 1 aliphatic heterocycles. The lowest BCUT2D eigenvalue weighted by atomic mass is 10.3. The van der Waals surface area contributed by atoms with Crippen molar-refractivity contribution in [2.45, 2.75) is 19.4 Å². The van der Waals surface area contributed by atoms with E-state index in [1.807, 2.05) is 4.90 Å². The number of carboxylic acid groups (broad SMARTS) is 2. The van der Waals surface area contributed by atoms with Crippen molar-refractivity contribution in [3.05, 3.63) is 0 Å². The van der Waals surface area contributed by atoms with Crippen molar-refractivity contribution in [1.29, 1.82) is 0 Å². The standard InChI is InChI=1S/C12H20N2O4S.C2H2O4/c1-11(15)13(2)7-4-5-8-14-9-6-12(10-14)18-19(3,16)17;3-1(4)2(5)6/h12H,6-10H2,1-3H3;(H,3,4)(H,5,6). The largest absolute Gasteiger partial charge is 0.473 e. The number of rotatable bonds is 4. The van der Waals surface area contributed by atoms with Gasteiger partial charge in [-0.25, -0.2) is 9.59 Å². The summed E-state index contributed by atoms with van der Waals surface area (Å²) in [6, 6.07) is 0. The van der Waals surface area contributed by atoms with E-state index >= 15 is 0 Å². The van der Waals surface area contributed by atoms with E-state index in [1.54, 1.807) is 7.05 Å². The zero-order chi connectivity index (χ0) is 19.6. The van der Waals surface area contributed by atoms with Crippen molar-refractivity contribution in [3.63, 3.8) is 0 Å². The van der Waals surface area contributed by atoms with Crippen LogP contribution in [0.25, 0.3) is 0 Å². The number of nitrogens with zero attached hydrogens (tertiary/aromatic N) is 2. The Bertz CT molecular complexity index is 637. The number of hydrogen-bond acceptors (Lipinski definition) is 7. The second kappa shape index (κ2) is 10.7. The average molecular weight is 378 g/mol. The molecule has 0 aromatic carbocycles. The smallest absolute Gasteiger partial charge is 0.414 e. The molecular formula is C14H22N2O8S.